The monoisotopic (exact) mass is 193 g/mol. The van der Waals surface area contributed by atoms with Crippen molar-refractivity contribution in [1.29, 1.82) is 0 Å². The summed E-state index contributed by atoms with van der Waals surface area (Å²) in [5, 5.41) is 3.00. The summed E-state index contributed by atoms with van der Waals surface area (Å²) < 4.78 is 0. The molecule has 0 saturated heterocycles. The van der Waals surface area contributed by atoms with E-state index in [1.807, 2.05) is 25.1 Å². The van der Waals surface area contributed by atoms with Crippen molar-refractivity contribution in [1.82, 2.24) is 0 Å². The van der Waals surface area contributed by atoms with Crippen molar-refractivity contribution >= 4 is 17.3 Å². The van der Waals surface area contributed by atoms with Gasteiger partial charge in [-0.15, -0.1) is 0 Å². The van der Waals surface area contributed by atoms with E-state index in [-0.39, 0.29) is 5.91 Å². The van der Waals surface area contributed by atoms with Gasteiger partial charge in [-0.3, -0.25) is 4.79 Å². The number of anilines is 2. The number of hydrogen-bond donors (Lipinski definition) is 3. The lowest BCUT2D eigenvalue weighted by Gasteiger charge is -2.14. The Morgan fingerprint density at radius 3 is 2.71 bits per heavy atom. The largest absolute Gasteiger partial charge is 0.398 e. The molecule has 1 unspecified atom stereocenters. The third kappa shape index (κ3) is 2.16. The Morgan fingerprint density at radius 2 is 2.14 bits per heavy atom. The highest BCUT2D eigenvalue weighted by Crippen LogP contribution is 2.20. The number of rotatable bonds is 3. The van der Waals surface area contributed by atoms with Gasteiger partial charge in [-0.1, -0.05) is 6.07 Å². The van der Waals surface area contributed by atoms with Crippen LogP contribution in [0.4, 0.5) is 11.4 Å². The molecular formula is C10H15N3O. The van der Waals surface area contributed by atoms with Gasteiger partial charge in [-0.25, -0.2) is 0 Å². The highest BCUT2D eigenvalue weighted by atomic mass is 16.1. The topological polar surface area (TPSA) is 81.1 Å². The van der Waals surface area contributed by atoms with Gasteiger partial charge in [-0.05, 0) is 31.5 Å². The molecule has 1 atom stereocenters. The van der Waals surface area contributed by atoms with E-state index >= 15 is 0 Å². The van der Waals surface area contributed by atoms with E-state index < -0.39 is 6.04 Å². The zero-order chi connectivity index (χ0) is 10.7. The molecule has 0 radical (unpaired) electrons. The fourth-order valence-electron chi connectivity index (χ4n) is 1.11. The minimum Gasteiger partial charge on any atom is -0.398 e. The summed E-state index contributed by atoms with van der Waals surface area (Å²) in [6.45, 7) is 3.61. The van der Waals surface area contributed by atoms with E-state index in [0.29, 0.717) is 5.69 Å². The fourth-order valence-corrected chi connectivity index (χ4v) is 1.11. The SMILES string of the molecule is Cc1c(N)cccc1NC(C)C(N)=O. The van der Waals surface area contributed by atoms with E-state index in [1.54, 1.807) is 6.92 Å². The standard InChI is InChI=1S/C10H15N3O/c1-6-8(11)4-3-5-9(6)13-7(2)10(12)14/h3-5,7,13H,11H2,1-2H3,(H2,12,14). The molecule has 0 aliphatic carbocycles. The van der Waals surface area contributed by atoms with E-state index in [1.165, 1.54) is 0 Å². The maximum absolute atomic E-state index is 10.8. The van der Waals surface area contributed by atoms with Crippen molar-refractivity contribution in [2.24, 2.45) is 5.73 Å². The normalized spacial score (nSPS) is 12.1. The molecule has 1 aromatic rings. The number of amides is 1. The second-order valence-electron chi connectivity index (χ2n) is 3.29. The highest BCUT2D eigenvalue weighted by molar-refractivity contribution is 5.83. The van der Waals surface area contributed by atoms with Gasteiger partial charge in [0.15, 0.2) is 0 Å². The maximum Gasteiger partial charge on any atom is 0.239 e. The number of nitrogens with two attached hydrogens (primary N) is 2. The van der Waals surface area contributed by atoms with E-state index in [4.69, 9.17) is 11.5 Å². The Kier molecular flexibility index (Phi) is 2.96. The summed E-state index contributed by atoms with van der Waals surface area (Å²) in [6, 6.07) is 5.12. The lowest BCUT2D eigenvalue weighted by molar-refractivity contribution is -0.118. The molecule has 1 aromatic carbocycles. The average molecular weight is 193 g/mol. The van der Waals surface area contributed by atoms with Crippen LogP contribution in [0.3, 0.4) is 0 Å². The third-order valence-corrected chi connectivity index (χ3v) is 2.17. The number of carbonyl (C=O) groups excluding carboxylic acids is 1. The van der Waals surface area contributed by atoms with Crippen LogP contribution in [-0.2, 0) is 4.79 Å². The molecule has 0 spiro atoms. The molecule has 76 valence electrons. The van der Waals surface area contributed by atoms with Crippen LogP contribution in [-0.4, -0.2) is 11.9 Å². The molecule has 0 aromatic heterocycles. The molecule has 4 heteroatoms. The molecule has 5 N–H and O–H groups in total. The summed E-state index contributed by atoms with van der Waals surface area (Å²) in [6.07, 6.45) is 0. The van der Waals surface area contributed by atoms with Crippen LogP contribution >= 0.6 is 0 Å². The number of nitrogens with one attached hydrogen (secondary N) is 1. The number of benzene rings is 1. The van der Waals surface area contributed by atoms with Crippen LogP contribution in [0, 0.1) is 6.92 Å². The maximum atomic E-state index is 10.8. The van der Waals surface area contributed by atoms with Crippen LogP contribution in [0.2, 0.25) is 0 Å². The summed E-state index contributed by atoms with van der Waals surface area (Å²) >= 11 is 0. The number of carbonyl (C=O) groups is 1. The fraction of sp³-hybridized carbons (Fsp3) is 0.300. The van der Waals surface area contributed by atoms with Crippen LogP contribution in [0.5, 0.6) is 0 Å². The van der Waals surface area contributed by atoms with Crippen LogP contribution < -0.4 is 16.8 Å². The van der Waals surface area contributed by atoms with Gasteiger partial charge < -0.3 is 16.8 Å². The average Bonchev–Trinajstić information content (AvgIpc) is 2.12. The summed E-state index contributed by atoms with van der Waals surface area (Å²) in [7, 11) is 0. The van der Waals surface area contributed by atoms with Crippen molar-refractivity contribution in [2.75, 3.05) is 11.1 Å². The van der Waals surface area contributed by atoms with Gasteiger partial charge in [0, 0.05) is 11.4 Å². The minimum atomic E-state index is -0.393. The van der Waals surface area contributed by atoms with Crippen molar-refractivity contribution in [3.05, 3.63) is 23.8 Å². The van der Waals surface area contributed by atoms with Crippen molar-refractivity contribution in [3.63, 3.8) is 0 Å². The molecular weight excluding hydrogens is 178 g/mol. The zero-order valence-electron chi connectivity index (χ0n) is 8.37. The van der Waals surface area contributed by atoms with Crippen molar-refractivity contribution in [3.8, 4) is 0 Å². The predicted octanol–water partition coefficient (Wildman–Crippen LogP) is 0.863. The molecule has 1 rings (SSSR count). The van der Waals surface area contributed by atoms with Gasteiger partial charge in [-0.2, -0.15) is 0 Å². The van der Waals surface area contributed by atoms with Crippen molar-refractivity contribution < 1.29 is 4.79 Å². The first-order valence-corrected chi connectivity index (χ1v) is 4.43. The number of primary amides is 1. The quantitative estimate of drug-likeness (QED) is 0.623. The highest BCUT2D eigenvalue weighted by Gasteiger charge is 2.09. The first-order chi connectivity index (χ1) is 6.52. The van der Waals surface area contributed by atoms with Crippen LogP contribution in [0.25, 0.3) is 0 Å². The zero-order valence-corrected chi connectivity index (χ0v) is 8.37. The first-order valence-electron chi connectivity index (χ1n) is 4.43. The molecule has 4 nitrogen and oxygen atoms in total. The summed E-state index contributed by atoms with van der Waals surface area (Å²) in [5.74, 6) is -0.383. The smallest absolute Gasteiger partial charge is 0.239 e. The molecule has 0 saturated carbocycles. The predicted molar refractivity (Wildman–Crippen MR) is 57.9 cm³/mol. The second kappa shape index (κ2) is 4.00. The lowest BCUT2D eigenvalue weighted by Crippen LogP contribution is -2.32. The van der Waals surface area contributed by atoms with Gasteiger partial charge in [0.2, 0.25) is 5.91 Å². The first kappa shape index (κ1) is 10.4. The van der Waals surface area contributed by atoms with Gasteiger partial charge in [0.05, 0.1) is 0 Å². The molecule has 0 fully saturated rings. The molecule has 0 heterocycles. The number of hydrogen-bond acceptors (Lipinski definition) is 3. The van der Waals surface area contributed by atoms with Crippen LogP contribution in [0.15, 0.2) is 18.2 Å². The Morgan fingerprint density at radius 1 is 1.50 bits per heavy atom. The summed E-state index contributed by atoms with van der Waals surface area (Å²) in [4.78, 5) is 10.8. The van der Waals surface area contributed by atoms with Crippen molar-refractivity contribution in [2.45, 2.75) is 19.9 Å². The second-order valence-corrected chi connectivity index (χ2v) is 3.29. The van der Waals surface area contributed by atoms with E-state index in [0.717, 1.165) is 11.3 Å². The Bertz CT molecular complexity index is 349. The molecule has 1 amide bonds. The Labute approximate surface area is 83.3 Å². The third-order valence-electron chi connectivity index (χ3n) is 2.17. The van der Waals surface area contributed by atoms with Gasteiger partial charge in [0.25, 0.3) is 0 Å². The molecule has 14 heavy (non-hydrogen) atoms. The molecule has 0 aliphatic heterocycles. The molecule has 0 bridgehead atoms. The summed E-state index contributed by atoms with van der Waals surface area (Å²) in [5.41, 5.74) is 13.3. The molecule has 0 aliphatic rings. The van der Waals surface area contributed by atoms with Gasteiger partial charge in [0.1, 0.15) is 6.04 Å². The Hall–Kier alpha value is -1.71. The van der Waals surface area contributed by atoms with E-state index in [2.05, 4.69) is 5.32 Å². The number of nitrogen functional groups attached to an aromatic ring is 1. The minimum absolute atomic E-state index is 0.383. The van der Waals surface area contributed by atoms with Gasteiger partial charge >= 0.3 is 0 Å². The van der Waals surface area contributed by atoms with Crippen LogP contribution in [0.1, 0.15) is 12.5 Å². The Balaban J connectivity index is 2.87. The van der Waals surface area contributed by atoms with E-state index in [9.17, 15) is 4.79 Å². The lowest BCUT2D eigenvalue weighted by atomic mass is 10.1.